The first-order valence-corrected chi connectivity index (χ1v) is 4.14. The van der Waals surface area contributed by atoms with Crippen molar-refractivity contribution in [1.82, 2.24) is 10.3 Å². The van der Waals surface area contributed by atoms with Crippen LogP contribution in [0.25, 0.3) is 0 Å². The van der Waals surface area contributed by atoms with Gasteiger partial charge in [0.15, 0.2) is 0 Å². The van der Waals surface area contributed by atoms with Crippen LogP contribution in [0.5, 0.6) is 0 Å². The lowest BCUT2D eigenvalue weighted by atomic mass is 10.4. The number of hydrogen-bond acceptors (Lipinski definition) is 3. The molecule has 0 aromatic carbocycles. The van der Waals surface area contributed by atoms with Crippen LogP contribution in [-0.2, 0) is 4.74 Å². The van der Waals surface area contributed by atoms with Crippen molar-refractivity contribution < 1.29 is 4.74 Å². The zero-order chi connectivity index (χ0) is 8.53. The highest BCUT2D eigenvalue weighted by Crippen LogP contribution is 1.85. The molecule has 0 aliphatic heterocycles. The molecule has 0 rings (SSSR count). The summed E-state index contributed by atoms with van der Waals surface area (Å²) in [5.41, 5.74) is 2.88. The lowest BCUT2D eigenvalue weighted by Gasteiger charge is -2.15. The maximum absolute atomic E-state index is 5.43. The summed E-state index contributed by atoms with van der Waals surface area (Å²) in [5.74, 6) is 0. The Morgan fingerprint density at radius 1 is 1.45 bits per heavy atom. The molecule has 0 heterocycles. The van der Waals surface area contributed by atoms with Gasteiger partial charge in [-0.05, 0) is 13.0 Å². The Hall–Kier alpha value is -0.0551. The Balaban J connectivity index is 2.89. The smallest absolute Gasteiger partial charge is 0.206 e. The van der Waals surface area contributed by atoms with E-state index in [1.807, 2.05) is 6.92 Å². The molecule has 0 fully saturated rings. The van der Waals surface area contributed by atoms with Gasteiger partial charge in [-0.1, -0.05) is 20.3 Å². The lowest BCUT2D eigenvalue weighted by Crippen LogP contribution is -2.37. The van der Waals surface area contributed by atoms with Crippen molar-refractivity contribution in [3.63, 3.8) is 0 Å². The highest BCUT2D eigenvalue weighted by Gasteiger charge is 1.90. The number of hydrogen-bond donors (Lipinski definition) is 1. The summed E-state index contributed by atoms with van der Waals surface area (Å²) in [5, 5.41) is 0. The zero-order valence-electron chi connectivity index (χ0n) is 7.47. The Bertz CT molecular complexity index is 82.8. The van der Waals surface area contributed by atoms with Gasteiger partial charge in [0.1, 0.15) is 6.73 Å². The fourth-order valence-electron chi connectivity index (χ4n) is 0.559. The highest BCUT2D eigenvalue weighted by atomic mass is 16.5. The van der Waals surface area contributed by atoms with Crippen molar-refractivity contribution >= 4 is 7.98 Å². The van der Waals surface area contributed by atoms with Crippen LogP contribution >= 0.6 is 0 Å². The predicted octanol–water partition coefficient (Wildman–Crippen LogP) is 0.671. The summed E-state index contributed by atoms with van der Waals surface area (Å²) in [4.78, 5) is 1.51. The topological polar surface area (TPSA) is 24.5 Å². The van der Waals surface area contributed by atoms with Crippen LogP contribution in [0.1, 0.15) is 26.7 Å². The molecule has 11 heavy (non-hydrogen) atoms. The minimum atomic E-state index is 0.504. The van der Waals surface area contributed by atoms with E-state index >= 15 is 0 Å². The molecule has 0 saturated heterocycles. The van der Waals surface area contributed by atoms with Gasteiger partial charge in [-0.3, -0.25) is 4.92 Å². The van der Waals surface area contributed by atoms with Crippen LogP contribution in [0, 0.1) is 0 Å². The van der Waals surface area contributed by atoms with E-state index in [9.17, 15) is 0 Å². The van der Waals surface area contributed by atoms with Crippen molar-refractivity contribution in [2.45, 2.75) is 26.7 Å². The van der Waals surface area contributed by atoms with Crippen LogP contribution in [-0.4, -0.2) is 32.8 Å². The summed E-state index contributed by atoms with van der Waals surface area (Å²) in [6, 6.07) is 0. The van der Waals surface area contributed by atoms with Crippen molar-refractivity contribution in [2.24, 2.45) is 0 Å². The Morgan fingerprint density at radius 2 is 2.18 bits per heavy atom. The number of rotatable bonds is 7. The SMILES string of the molecule is [B]N(CC)NCOCCCC. The Morgan fingerprint density at radius 3 is 2.73 bits per heavy atom. The van der Waals surface area contributed by atoms with E-state index in [1.54, 1.807) is 0 Å². The molecule has 2 radical (unpaired) electrons. The van der Waals surface area contributed by atoms with E-state index in [1.165, 1.54) is 11.3 Å². The van der Waals surface area contributed by atoms with Crippen LogP contribution < -0.4 is 5.43 Å². The summed E-state index contributed by atoms with van der Waals surface area (Å²) in [7, 11) is 5.43. The van der Waals surface area contributed by atoms with Crippen LogP contribution in [0.2, 0.25) is 0 Å². The van der Waals surface area contributed by atoms with Gasteiger partial charge in [-0.25, -0.2) is 5.43 Å². The molecule has 0 aromatic heterocycles. The first-order chi connectivity index (χ1) is 5.31. The normalized spacial score (nSPS) is 10.8. The average Bonchev–Trinajstić information content (AvgIpc) is 2.04. The largest absolute Gasteiger partial charge is 0.365 e. The van der Waals surface area contributed by atoms with Crippen molar-refractivity contribution in [2.75, 3.05) is 19.9 Å². The molecule has 0 bridgehead atoms. The van der Waals surface area contributed by atoms with Crippen LogP contribution in [0.15, 0.2) is 0 Å². The fraction of sp³-hybridized carbons (Fsp3) is 1.00. The first kappa shape index (κ1) is 10.9. The second-order valence-corrected chi connectivity index (χ2v) is 2.35. The van der Waals surface area contributed by atoms with Gasteiger partial charge in [-0.2, -0.15) is 0 Å². The molecular weight excluding hydrogens is 139 g/mol. The standard InChI is InChI=1S/C7H17BN2O/c1-3-5-6-11-7-9-10(8)4-2/h9H,3-7H2,1-2H3. The second kappa shape index (κ2) is 8.05. The van der Waals surface area contributed by atoms with E-state index < -0.39 is 0 Å². The minimum absolute atomic E-state index is 0.504. The van der Waals surface area contributed by atoms with E-state index in [0.29, 0.717) is 6.73 Å². The number of ether oxygens (including phenoxy) is 1. The summed E-state index contributed by atoms with van der Waals surface area (Å²) in [6.45, 7) is 6.19. The number of nitrogens with one attached hydrogen (secondary N) is 1. The quantitative estimate of drug-likeness (QED) is 0.254. The second-order valence-electron chi connectivity index (χ2n) is 2.35. The third-order valence-corrected chi connectivity index (χ3v) is 1.35. The average molecular weight is 156 g/mol. The number of unbranched alkanes of at least 4 members (excludes halogenated alkanes) is 1. The molecule has 4 heteroatoms. The van der Waals surface area contributed by atoms with Crippen LogP contribution in [0.4, 0.5) is 0 Å². The van der Waals surface area contributed by atoms with Gasteiger partial charge in [0.05, 0.1) is 0 Å². The van der Waals surface area contributed by atoms with Gasteiger partial charge in [0.25, 0.3) is 0 Å². The molecule has 0 atom stereocenters. The summed E-state index contributed by atoms with van der Waals surface area (Å²) >= 11 is 0. The molecule has 0 saturated carbocycles. The highest BCUT2D eigenvalue weighted by molar-refractivity contribution is 6.03. The molecule has 0 spiro atoms. The van der Waals surface area contributed by atoms with E-state index in [2.05, 4.69) is 12.3 Å². The molecule has 1 N–H and O–H groups in total. The van der Waals surface area contributed by atoms with Gasteiger partial charge < -0.3 is 4.74 Å². The molecule has 0 amide bonds. The number of hydrazine groups is 1. The van der Waals surface area contributed by atoms with E-state index in [-0.39, 0.29) is 0 Å². The minimum Gasteiger partial charge on any atom is -0.365 e. The third kappa shape index (κ3) is 7.85. The monoisotopic (exact) mass is 156 g/mol. The zero-order valence-corrected chi connectivity index (χ0v) is 7.47. The van der Waals surface area contributed by atoms with Crippen molar-refractivity contribution in [3.05, 3.63) is 0 Å². The van der Waals surface area contributed by atoms with Crippen LogP contribution in [0.3, 0.4) is 0 Å². The summed E-state index contributed by atoms with van der Waals surface area (Å²) in [6.07, 6.45) is 2.28. The van der Waals surface area contributed by atoms with Gasteiger partial charge in [0, 0.05) is 6.61 Å². The molecule has 0 unspecified atom stereocenters. The molecule has 0 aliphatic carbocycles. The summed E-state index contributed by atoms with van der Waals surface area (Å²) < 4.78 is 5.21. The van der Waals surface area contributed by atoms with E-state index in [4.69, 9.17) is 12.7 Å². The molecular formula is C7H17BN2O. The van der Waals surface area contributed by atoms with Gasteiger partial charge in [-0.15, -0.1) is 0 Å². The molecule has 0 aliphatic rings. The maximum atomic E-state index is 5.43. The van der Waals surface area contributed by atoms with Gasteiger partial charge in [0.2, 0.25) is 7.98 Å². The fourth-order valence-corrected chi connectivity index (χ4v) is 0.559. The first-order valence-electron chi connectivity index (χ1n) is 4.14. The van der Waals surface area contributed by atoms with E-state index in [0.717, 1.165) is 19.6 Å². The third-order valence-electron chi connectivity index (χ3n) is 1.35. The Labute approximate surface area is 70.5 Å². The van der Waals surface area contributed by atoms with Crippen molar-refractivity contribution in [3.8, 4) is 0 Å². The molecule has 3 nitrogen and oxygen atoms in total. The Kier molecular flexibility index (Phi) is 8.01. The lowest BCUT2D eigenvalue weighted by molar-refractivity contribution is 0.0809. The molecule has 0 aromatic rings. The molecule has 64 valence electrons. The number of nitrogens with zero attached hydrogens (tertiary/aromatic N) is 1. The predicted molar refractivity (Wildman–Crippen MR) is 47.0 cm³/mol. The van der Waals surface area contributed by atoms with Crippen molar-refractivity contribution in [1.29, 1.82) is 0 Å². The van der Waals surface area contributed by atoms with Gasteiger partial charge >= 0.3 is 0 Å². The maximum Gasteiger partial charge on any atom is 0.206 e.